The third-order valence-electron chi connectivity index (χ3n) is 5.05. The van der Waals surface area contributed by atoms with Gasteiger partial charge in [-0.25, -0.2) is 21.6 Å². The summed E-state index contributed by atoms with van der Waals surface area (Å²) < 4.78 is 59.4. The van der Waals surface area contributed by atoms with Gasteiger partial charge in [0, 0.05) is 37.6 Å². The van der Waals surface area contributed by atoms with E-state index in [2.05, 4.69) is 0 Å². The number of benzene rings is 2. The van der Waals surface area contributed by atoms with Crippen molar-refractivity contribution in [3.63, 3.8) is 0 Å². The highest BCUT2D eigenvalue weighted by Crippen LogP contribution is 2.25. The Balaban J connectivity index is 1.56. The number of sulfonamides is 2. The summed E-state index contributed by atoms with van der Waals surface area (Å²) in [5, 5.41) is 9.67. The van der Waals surface area contributed by atoms with Gasteiger partial charge < -0.3 is 4.42 Å². The molecule has 1 fully saturated rings. The topological polar surface area (TPSA) is 129 Å². The summed E-state index contributed by atoms with van der Waals surface area (Å²) in [5.74, 6) is 0. The van der Waals surface area contributed by atoms with Gasteiger partial charge in [0.15, 0.2) is 0 Å². The molecule has 1 aliphatic rings. The van der Waals surface area contributed by atoms with Crippen molar-refractivity contribution in [2.75, 3.05) is 26.2 Å². The molecule has 0 N–H and O–H groups in total. The summed E-state index contributed by atoms with van der Waals surface area (Å²) in [6, 6.07) is 14.7. The fraction of sp³-hybridized carbons (Fsp3) is 0.200. The molecule has 2 heterocycles. The molecule has 4 rings (SSSR count). The van der Waals surface area contributed by atoms with Crippen LogP contribution in [0.15, 0.2) is 73.6 Å². The van der Waals surface area contributed by atoms with Gasteiger partial charge in [0.1, 0.15) is 11.7 Å². The van der Waals surface area contributed by atoms with Gasteiger partial charge in [0.05, 0.1) is 15.4 Å². The van der Waals surface area contributed by atoms with Crippen LogP contribution < -0.4 is 5.63 Å². The molecule has 160 valence electrons. The number of piperazine rings is 1. The van der Waals surface area contributed by atoms with Crippen molar-refractivity contribution in [3.05, 3.63) is 70.6 Å². The van der Waals surface area contributed by atoms with E-state index < -0.39 is 25.7 Å². The second-order valence-corrected chi connectivity index (χ2v) is 10.7. The molecule has 1 aromatic heterocycles. The lowest BCUT2D eigenvalue weighted by molar-refractivity contribution is 0.273. The average Bonchev–Trinajstić information content (AvgIpc) is 2.78. The molecule has 0 bridgehead atoms. The van der Waals surface area contributed by atoms with Crippen molar-refractivity contribution in [1.29, 1.82) is 5.26 Å². The largest absolute Gasteiger partial charge is 0.423 e. The minimum atomic E-state index is -3.92. The van der Waals surface area contributed by atoms with Crippen LogP contribution in [0.2, 0.25) is 0 Å². The molecule has 0 atom stereocenters. The first-order chi connectivity index (χ1) is 14.7. The average molecular weight is 460 g/mol. The number of nitriles is 1. The van der Waals surface area contributed by atoms with Crippen LogP contribution in [-0.4, -0.2) is 51.6 Å². The Kier molecular flexibility index (Phi) is 5.40. The molecule has 0 amide bonds. The van der Waals surface area contributed by atoms with E-state index in [9.17, 15) is 26.9 Å². The third-order valence-corrected chi connectivity index (χ3v) is 8.90. The van der Waals surface area contributed by atoms with Crippen LogP contribution >= 0.6 is 0 Å². The minimum absolute atomic E-state index is 0.0278. The lowest BCUT2D eigenvalue weighted by Crippen LogP contribution is -2.50. The molecule has 2 aromatic carbocycles. The van der Waals surface area contributed by atoms with Crippen LogP contribution in [0, 0.1) is 11.3 Å². The summed E-state index contributed by atoms with van der Waals surface area (Å²) in [7, 11) is -7.79. The first-order valence-corrected chi connectivity index (χ1v) is 12.1. The Hall–Kier alpha value is -3.04. The van der Waals surface area contributed by atoms with Gasteiger partial charge in [0.25, 0.3) is 0 Å². The number of fused-ring (bicyclic) bond motifs is 1. The second-order valence-electron chi connectivity index (χ2n) is 6.87. The SMILES string of the molecule is N#Cc1ccccc1S(=O)(=O)N1CCN(S(=O)(=O)c2ccc3oc(=O)ccc3c2)CC1. The van der Waals surface area contributed by atoms with Crippen LogP contribution in [0.5, 0.6) is 0 Å². The van der Waals surface area contributed by atoms with Crippen molar-refractivity contribution in [2.24, 2.45) is 0 Å². The maximum absolute atomic E-state index is 13.0. The molecule has 3 aromatic rings. The molecule has 9 nitrogen and oxygen atoms in total. The van der Waals surface area contributed by atoms with Gasteiger partial charge >= 0.3 is 5.63 Å². The smallest absolute Gasteiger partial charge is 0.336 e. The monoisotopic (exact) mass is 459 g/mol. The Labute approximate surface area is 178 Å². The fourth-order valence-electron chi connectivity index (χ4n) is 3.43. The molecular weight excluding hydrogens is 442 g/mol. The first kappa shape index (κ1) is 21.2. The van der Waals surface area contributed by atoms with Gasteiger partial charge in [-0.05, 0) is 36.4 Å². The van der Waals surface area contributed by atoms with Gasteiger partial charge in [-0.1, -0.05) is 12.1 Å². The van der Waals surface area contributed by atoms with Gasteiger partial charge in [-0.15, -0.1) is 0 Å². The molecular formula is C20H17N3O6S2. The normalized spacial score (nSPS) is 16.2. The van der Waals surface area contributed by atoms with Crippen molar-refractivity contribution < 1.29 is 21.3 Å². The number of rotatable bonds is 4. The van der Waals surface area contributed by atoms with E-state index in [1.165, 1.54) is 57.1 Å². The van der Waals surface area contributed by atoms with E-state index >= 15 is 0 Å². The predicted octanol–water partition coefficient (Wildman–Crippen LogP) is 1.36. The summed E-state index contributed by atoms with van der Waals surface area (Å²) in [4.78, 5) is 11.2. The Bertz CT molecular complexity index is 1460. The maximum atomic E-state index is 13.0. The third kappa shape index (κ3) is 3.86. The van der Waals surface area contributed by atoms with E-state index in [4.69, 9.17) is 4.42 Å². The summed E-state index contributed by atoms with van der Waals surface area (Å²) in [5.41, 5.74) is -0.211. The molecule has 0 radical (unpaired) electrons. The Morgan fingerprint density at radius 2 is 1.48 bits per heavy atom. The van der Waals surface area contributed by atoms with E-state index in [0.717, 1.165) is 0 Å². The zero-order valence-corrected chi connectivity index (χ0v) is 17.8. The standard InChI is InChI=1S/C20H17N3O6S2/c21-14-16-3-1-2-4-19(16)31(27,28)23-11-9-22(10-12-23)30(25,26)17-6-7-18-15(13-17)5-8-20(24)29-18/h1-8,13H,9-12H2. The molecule has 0 saturated carbocycles. The summed E-state index contributed by atoms with van der Waals surface area (Å²) in [6.07, 6.45) is 0. The molecule has 1 saturated heterocycles. The van der Waals surface area contributed by atoms with Crippen LogP contribution in [0.4, 0.5) is 0 Å². The minimum Gasteiger partial charge on any atom is -0.423 e. The Morgan fingerprint density at radius 3 is 2.16 bits per heavy atom. The quantitative estimate of drug-likeness (QED) is 0.539. The number of hydrogen-bond acceptors (Lipinski definition) is 7. The second kappa shape index (κ2) is 7.90. The van der Waals surface area contributed by atoms with Gasteiger partial charge in [-0.3, -0.25) is 0 Å². The number of hydrogen-bond donors (Lipinski definition) is 0. The lowest BCUT2D eigenvalue weighted by Gasteiger charge is -2.33. The van der Waals surface area contributed by atoms with E-state index in [1.54, 1.807) is 6.07 Å². The van der Waals surface area contributed by atoms with Crippen molar-refractivity contribution >= 4 is 31.0 Å². The van der Waals surface area contributed by atoms with Crippen molar-refractivity contribution in [3.8, 4) is 6.07 Å². The molecule has 0 unspecified atom stereocenters. The highest BCUT2D eigenvalue weighted by atomic mass is 32.2. The van der Waals surface area contributed by atoms with E-state index in [0.29, 0.717) is 5.39 Å². The molecule has 11 heteroatoms. The summed E-state index contributed by atoms with van der Waals surface area (Å²) >= 11 is 0. The fourth-order valence-corrected chi connectivity index (χ4v) is 6.46. The molecule has 0 spiro atoms. The zero-order valence-electron chi connectivity index (χ0n) is 16.1. The highest BCUT2D eigenvalue weighted by molar-refractivity contribution is 7.89. The van der Waals surface area contributed by atoms with Crippen LogP contribution in [0.1, 0.15) is 5.56 Å². The van der Waals surface area contributed by atoms with Crippen molar-refractivity contribution in [1.82, 2.24) is 8.61 Å². The van der Waals surface area contributed by atoms with Crippen molar-refractivity contribution in [2.45, 2.75) is 9.79 Å². The molecule has 1 aliphatic heterocycles. The maximum Gasteiger partial charge on any atom is 0.336 e. The van der Waals surface area contributed by atoms with E-state index in [-0.39, 0.29) is 47.1 Å². The van der Waals surface area contributed by atoms with Gasteiger partial charge in [0.2, 0.25) is 20.0 Å². The lowest BCUT2D eigenvalue weighted by atomic mass is 10.2. The summed E-state index contributed by atoms with van der Waals surface area (Å²) in [6.45, 7) is -0.135. The Morgan fingerprint density at radius 1 is 0.839 bits per heavy atom. The van der Waals surface area contributed by atoms with Crippen LogP contribution in [0.3, 0.4) is 0 Å². The van der Waals surface area contributed by atoms with Crippen LogP contribution in [-0.2, 0) is 20.0 Å². The zero-order chi connectivity index (χ0) is 22.2. The molecule has 31 heavy (non-hydrogen) atoms. The predicted molar refractivity (Wildman–Crippen MR) is 111 cm³/mol. The van der Waals surface area contributed by atoms with Gasteiger partial charge in [-0.2, -0.15) is 13.9 Å². The van der Waals surface area contributed by atoms with E-state index in [1.807, 2.05) is 6.07 Å². The molecule has 0 aliphatic carbocycles. The highest BCUT2D eigenvalue weighted by Gasteiger charge is 2.34. The van der Waals surface area contributed by atoms with Crippen LogP contribution in [0.25, 0.3) is 11.0 Å². The first-order valence-electron chi connectivity index (χ1n) is 9.27. The number of nitrogens with zero attached hydrogens (tertiary/aromatic N) is 3.